The van der Waals surface area contributed by atoms with Crippen molar-refractivity contribution in [3.63, 3.8) is 0 Å². The molecule has 0 bridgehead atoms. The fourth-order valence-corrected chi connectivity index (χ4v) is 1.70. The Morgan fingerprint density at radius 2 is 2.24 bits per heavy atom. The maximum Gasteiger partial charge on any atom is 0.167 e. The molecule has 1 fully saturated rings. The van der Waals surface area contributed by atoms with Gasteiger partial charge in [-0.05, 0) is 19.8 Å². The van der Waals surface area contributed by atoms with Crippen molar-refractivity contribution in [3.8, 4) is 5.75 Å². The minimum atomic E-state index is -0.469. The molecule has 4 nitrogen and oxygen atoms in total. The molecule has 17 heavy (non-hydrogen) atoms. The van der Waals surface area contributed by atoms with Crippen LogP contribution < -0.4 is 15.8 Å². The van der Waals surface area contributed by atoms with Crippen LogP contribution in [0.5, 0.6) is 5.75 Å². The Balaban J connectivity index is 2.24. The minimum absolute atomic E-state index is 0.0494. The zero-order valence-electron chi connectivity index (χ0n) is 9.79. The van der Waals surface area contributed by atoms with Gasteiger partial charge in [-0.1, -0.05) is 0 Å². The Hall–Kier alpha value is -1.49. The van der Waals surface area contributed by atoms with E-state index in [2.05, 4.69) is 5.32 Å². The first-order valence-electron chi connectivity index (χ1n) is 5.71. The molecular weight excluding hydrogens is 223 g/mol. The number of nitrogens with one attached hydrogen (secondary N) is 1. The Bertz CT molecular complexity index is 419. The molecule has 4 N–H and O–H groups in total. The molecule has 0 aromatic heterocycles. The van der Waals surface area contributed by atoms with Crippen LogP contribution in [0.15, 0.2) is 12.1 Å². The summed E-state index contributed by atoms with van der Waals surface area (Å²) < 4.78 is 18.6. The topological polar surface area (TPSA) is 67.5 Å². The zero-order valence-corrected chi connectivity index (χ0v) is 9.79. The van der Waals surface area contributed by atoms with Crippen molar-refractivity contribution in [2.24, 2.45) is 0 Å². The van der Waals surface area contributed by atoms with Crippen molar-refractivity contribution in [1.82, 2.24) is 0 Å². The van der Waals surface area contributed by atoms with Gasteiger partial charge in [-0.15, -0.1) is 0 Å². The van der Waals surface area contributed by atoms with E-state index in [1.54, 1.807) is 13.0 Å². The van der Waals surface area contributed by atoms with Crippen molar-refractivity contribution in [2.45, 2.75) is 25.3 Å². The molecule has 94 valence electrons. The SMILES string of the molecule is CCOc1cc(NC2(CO)CC2)c(N)cc1F. The number of aliphatic hydroxyl groups excluding tert-OH is 1. The first-order valence-corrected chi connectivity index (χ1v) is 5.71. The van der Waals surface area contributed by atoms with Crippen LogP contribution in [-0.2, 0) is 0 Å². The fraction of sp³-hybridized carbons (Fsp3) is 0.500. The Morgan fingerprint density at radius 1 is 1.53 bits per heavy atom. The highest BCUT2D eigenvalue weighted by molar-refractivity contribution is 5.70. The van der Waals surface area contributed by atoms with Gasteiger partial charge in [0.25, 0.3) is 0 Å². The highest BCUT2D eigenvalue weighted by Crippen LogP contribution is 2.40. The minimum Gasteiger partial charge on any atom is -0.491 e. The Labute approximate surface area is 99.6 Å². The largest absolute Gasteiger partial charge is 0.491 e. The highest BCUT2D eigenvalue weighted by Gasteiger charge is 2.42. The quantitative estimate of drug-likeness (QED) is 0.686. The second kappa shape index (κ2) is 4.41. The third kappa shape index (κ3) is 2.44. The van der Waals surface area contributed by atoms with Crippen LogP contribution in [0.25, 0.3) is 0 Å². The van der Waals surface area contributed by atoms with E-state index in [4.69, 9.17) is 10.5 Å². The van der Waals surface area contributed by atoms with Gasteiger partial charge in [-0.3, -0.25) is 0 Å². The lowest BCUT2D eigenvalue weighted by atomic mass is 10.2. The molecule has 2 rings (SSSR count). The van der Waals surface area contributed by atoms with Gasteiger partial charge in [-0.25, -0.2) is 4.39 Å². The molecule has 0 unspecified atom stereocenters. The summed E-state index contributed by atoms with van der Waals surface area (Å²) in [5.41, 5.74) is 6.39. The van der Waals surface area contributed by atoms with Gasteiger partial charge in [0, 0.05) is 12.1 Å². The van der Waals surface area contributed by atoms with Gasteiger partial charge in [0.15, 0.2) is 11.6 Å². The average molecular weight is 240 g/mol. The second-order valence-electron chi connectivity index (χ2n) is 4.37. The van der Waals surface area contributed by atoms with Crippen molar-refractivity contribution < 1.29 is 14.2 Å². The summed E-state index contributed by atoms with van der Waals surface area (Å²) in [4.78, 5) is 0. The van der Waals surface area contributed by atoms with E-state index >= 15 is 0 Å². The Morgan fingerprint density at radius 3 is 2.76 bits per heavy atom. The van der Waals surface area contributed by atoms with Gasteiger partial charge in [0.05, 0.1) is 30.1 Å². The lowest BCUT2D eigenvalue weighted by Crippen LogP contribution is -2.26. The van der Waals surface area contributed by atoms with Crippen molar-refractivity contribution in [2.75, 3.05) is 24.3 Å². The maximum atomic E-state index is 13.5. The summed E-state index contributed by atoms with van der Waals surface area (Å²) in [5, 5.41) is 12.4. The van der Waals surface area contributed by atoms with Crippen LogP contribution in [0.2, 0.25) is 0 Å². The number of nitrogens with two attached hydrogens (primary N) is 1. The van der Waals surface area contributed by atoms with E-state index in [0.29, 0.717) is 18.0 Å². The number of nitrogen functional groups attached to an aromatic ring is 1. The molecule has 1 aliphatic carbocycles. The third-order valence-corrected chi connectivity index (χ3v) is 2.96. The van der Waals surface area contributed by atoms with E-state index in [9.17, 15) is 9.50 Å². The molecule has 0 amide bonds. The molecule has 0 saturated heterocycles. The maximum absolute atomic E-state index is 13.5. The summed E-state index contributed by atoms with van der Waals surface area (Å²) in [6.07, 6.45) is 1.79. The smallest absolute Gasteiger partial charge is 0.167 e. The lowest BCUT2D eigenvalue weighted by molar-refractivity contribution is 0.266. The number of rotatable bonds is 5. The van der Waals surface area contributed by atoms with Crippen LogP contribution in [-0.4, -0.2) is 23.9 Å². The summed E-state index contributed by atoms with van der Waals surface area (Å²) >= 11 is 0. The number of ether oxygens (including phenoxy) is 1. The van der Waals surface area contributed by atoms with E-state index < -0.39 is 5.82 Å². The summed E-state index contributed by atoms with van der Waals surface area (Å²) in [7, 11) is 0. The van der Waals surface area contributed by atoms with Gasteiger partial charge < -0.3 is 20.9 Å². The molecule has 0 aliphatic heterocycles. The molecule has 1 aliphatic rings. The van der Waals surface area contributed by atoms with E-state index in [1.165, 1.54) is 6.07 Å². The number of benzene rings is 1. The summed E-state index contributed by atoms with van der Waals surface area (Å²) in [5.74, 6) is -0.290. The van der Waals surface area contributed by atoms with Gasteiger partial charge >= 0.3 is 0 Å². The van der Waals surface area contributed by atoms with E-state index in [0.717, 1.165) is 12.8 Å². The average Bonchev–Trinajstić information content (AvgIpc) is 3.06. The van der Waals surface area contributed by atoms with Crippen LogP contribution in [0.3, 0.4) is 0 Å². The number of anilines is 2. The zero-order chi connectivity index (χ0) is 12.5. The number of hydrogen-bond acceptors (Lipinski definition) is 4. The summed E-state index contributed by atoms with van der Waals surface area (Å²) in [6.45, 7) is 2.23. The second-order valence-corrected chi connectivity index (χ2v) is 4.37. The Kier molecular flexibility index (Phi) is 3.11. The lowest BCUT2D eigenvalue weighted by Gasteiger charge is -2.18. The van der Waals surface area contributed by atoms with Gasteiger partial charge in [0.2, 0.25) is 0 Å². The van der Waals surface area contributed by atoms with Crippen LogP contribution in [0.1, 0.15) is 19.8 Å². The number of halogens is 1. The normalized spacial score (nSPS) is 16.6. The standard InChI is InChI=1S/C12H17FN2O2/c1-2-17-11-6-10(9(14)5-8(11)13)15-12(7-16)3-4-12/h5-6,15-16H,2-4,7,14H2,1H3. The monoisotopic (exact) mass is 240 g/mol. The molecule has 0 radical (unpaired) electrons. The molecule has 1 aromatic rings. The van der Waals surface area contributed by atoms with Crippen LogP contribution in [0.4, 0.5) is 15.8 Å². The molecule has 1 saturated carbocycles. The van der Waals surface area contributed by atoms with E-state index in [1.807, 2.05) is 0 Å². The van der Waals surface area contributed by atoms with Crippen LogP contribution >= 0.6 is 0 Å². The molecule has 0 atom stereocenters. The van der Waals surface area contributed by atoms with E-state index in [-0.39, 0.29) is 17.9 Å². The van der Waals surface area contributed by atoms with Crippen molar-refractivity contribution >= 4 is 11.4 Å². The molecular formula is C12H17FN2O2. The first-order chi connectivity index (χ1) is 8.10. The highest BCUT2D eigenvalue weighted by atomic mass is 19.1. The molecule has 0 spiro atoms. The summed E-state index contributed by atoms with van der Waals surface area (Å²) in [6, 6.07) is 2.78. The number of hydrogen-bond donors (Lipinski definition) is 3. The van der Waals surface area contributed by atoms with Crippen LogP contribution in [0, 0.1) is 5.82 Å². The molecule has 0 heterocycles. The first kappa shape index (κ1) is 12.0. The molecule has 5 heteroatoms. The van der Waals surface area contributed by atoms with Gasteiger partial charge in [-0.2, -0.15) is 0 Å². The predicted molar refractivity (Wildman–Crippen MR) is 64.7 cm³/mol. The fourth-order valence-electron chi connectivity index (χ4n) is 1.70. The van der Waals surface area contributed by atoms with Crippen molar-refractivity contribution in [3.05, 3.63) is 17.9 Å². The van der Waals surface area contributed by atoms with Gasteiger partial charge in [0.1, 0.15) is 0 Å². The molecule has 1 aromatic carbocycles. The van der Waals surface area contributed by atoms with Crippen molar-refractivity contribution in [1.29, 1.82) is 0 Å². The third-order valence-electron chi connectivity index (χ3n) is 2.96. The predicted octanol–water partition coefficient (Wildman–Crippen LogP) is 1.74. The number of aliphatic hydroxyl groups is 1.